The maximum atomic E-state index is 14.6. The molecule has 61 heavy (non-hydrogen) atoms. The fraction of sp³-hybridized carbons (Fsp3) is 0.548. The largest absolute Gasteiger partial charge is 0.371 e. The molecule has 2 aromatic carbocycles. The van der Waals surface area contributed by atoms with E-state index in [2.05, 4.69) is 21.3 Å². The topological polar surface area (TPSA) is 206 Å². The van der Waals surface area contributed by atoms with Gasteiger partial charge in [0.15, 0.2) is 23.3 Å². The first-order valence-electron chi connectivity index (χ1n) is 20.1. The van der Waals surface area contributed by atoms with Gasteiger partial charge in [0.1, 0.15) is 18.1 Å². The second kappa shape index (κ2) is 20.9. The van der Waals surface area contributed by atoms with Crippen molar-refractivity contribution in [3.63, 3.8) is 0 Å². The van der Waals surface area contributed by atoms with Crippen LogP contribution in [0.3, 0.4) is 0 Å². The molecule has 6 amide bonds. The van der Waals surface area contributed by atoms with Crippen molar-refractivity contribution in [1.82, 2.24) is 26.2 Å². The summed E-state index contributed by atoms with van der Waals surface area (Å²) in [4.78, 5) is 94.7. The number of halogens is 5. The summed E-state index contributed by atoms with van der Waals surface area (Å²) in [5.41, 5.74) is 3.70. The number of primary amides is 1. The molecule has 4 rings (SSSR count). The molecular weight excluding hydrogens is 811 g/mol. The number of carbonyl (C=O) groups excluding carboxylic acids is 7. The smallest absolute Gasteiger partial charge is 0.290 e. The molecule has 6 N–H and O–H groups in total. The van der Waals surface area contributed by atoms with Crippen LogP contribution in [-0.4, -0.2) is 89.0 Å². The van der Waals surface area contributed by atoms with Crippen molar-refractivity contribution in [2.24, 2.45) is 17.6 Å². The fourth-order valence-corrected chi connectivity index (χ4v) is 7.65. The Bertz CT molecular complexity index is 1950. The average molecular weight is 865 g/mol. The van der Waals surface area contributed by atoms with E-state index < -0.39 is 131 Å². The van der Waals surface area contributed by atoms with Gasteiger partial charge in [-0.05, 0) is 57.4 Å². The van der Waals surface area contributed by atoms with Crippen LogP contribution in [0.25, 0.3) is 0 Å². The van der Waals surface area contributed by atoms with E-state index in [1.165, 1.54) is 0 Å². The first-order chi connectivity index (χ1) is 28.6. The Morgan fingerprint density at radius 2 is 1.41 bits per heavy atom. The molecule has 1 saturated heterocycles. The Hall–Kier alpha value is -5.46. The molecule has 5 atom stereocenters. The molecule has 334 valence electrons. The van der Waals surface area contributed by atoms with E-state index in [9.17, 15) is 55.5 Å². The highest BCUT2D eigenvalue weighted by Crippen LogP contribution is 2.32. The molecule has 2 aromatic rings. The molecule has 1 heterocycles. The van der Waals surface area contributed by atoms with E-state index in [0.717, 1.165) is 11.3 Å². The Balaban J connectivity index is 1.55. The summed E-state index contributed by atoms with van der Waals surface area (Å²) in [6.45, 7) is 7.83. The number of benzene rings is 2. The summed E-state index contributed by atoms with van der Waals surface area (Å²) >= 11 is 0. The molecule has 0 radical (unpaired) electrons. The number of likely N-dealkylation sites (tertiary alicyclic amines) is 1. The molecule has 0 bridgehead atoms. The van der Waals surface area contributed by atoms with Gasteiger partial charge in [0, 0.05) is 18.5 Å². The lowest BCUT2D eigenvalue weighted by Gasteiger charge is -2.35. The molecule has 0 spiro atoms. The van der Waals surface area contributed by atoms with Crippen LogP contribution < -0.4 is 27.0 Å². The van der Waals surface area contributed by atoms with Crippen molar-refractivity contribution >= 4 is 41.2 Å². The Kier molecular flexibility index (Phi) is 16.5. The molecule has 2 fully saturated rings. The quantitative estimate of drug-likeness (QED) is 0.0689. The Morgan fingerprint density at radius 1 is 0.820 bits per heavy atom. The van der Waals surface area contributed by atoms with Crippen LogP contribution in [0.15, 0.2) is 30.3 Å². The zero-order chi connectivity index (χ0) is 45.3. The third-order valence-corrected chi connectivity index (χ3v) is 10.4. The maximum Gasteiger partial charge on any atom is 0.290 e. The van der Waals surface area contributed by atoms with E-state index in [0.29, 0.717) is 31.2 Å². The van der Waals surface area contributed by atoms with Crippen molar-refractivity contribution in [2.45, 2.75) is 122 Å². The van der Waals surface area contributed by atoms with Gasteiger partial charge in [-0.2, -0.15) is 0 Å². The molecule has 1 aliphatic carbocycles. The molecule has 1 saturated carbocycles. The van der Waals surface area contributed by atoms with Gasteiger partial charge in [0.2, 0.25) is 41.1 Å². The number of carbonyl (C=O) groups is 7. The van der Waals surface area contributed by atoms with Crippen molar-refractivity contribution in [3.05, 3.63) is 70.5 Å². The van der Waals surface area contributed by atoms with Gasteiger partial charge in [-0.1, -0.05) is 63.4 Å². The highest BCUT2D eigenvalue weighted by atomic mass is 19.2. The number of hydrogen-bond donors (Lipinski definition) is 5. The molecular formula is C42H53F5N6O8. The predicted molar refractivity (Wildman–Crippen MR) is 209 cm³/mol. The van der Waals surface area contributed by atoms with E-state index in [1.807, 2.05) is 0 Å². The van der Waals surface area contributed by atoms with Crippen LogP contribution >= 0.6 is 0 Å². The third-order valence-electron chi connectivity index (χ3n) is 10.4. The molecule has 2 aliphatic rings. The number of nitrogens with one attached hydrogen (secondary N) is 4. The summed E-state index contributed by atoms with van der Waals surface area (Å²) in [6.07, 6.45) is 0.841. The van der Waals surface area contributed by atoms with Gasteiger partial charge >= 0.3 is 0 Å². The molecule has 19 heteroatoms. The van der Waals surface area contributed by atoms with Crippen molar-refractivity contribution in [2.75, 3.05) is 13.1 Å². The van der Waals surface area contributed by atoms with Gasteiger partial charge in [-0.3, -0.25) is 33.6 Å². The molecule has 1 unspecified atom stereocenters. The van der Waals surface area contributed by atoms with Gasteiger partial charge in [-0.15, -0.1) is 0 Å². The number of hydrogen-bond acceptors (Lipinski definition) is 8. The van der Waals surface area contributed by atoms with Gasteiger partial charge in [0.25, 0.3) is 5.91 Å². The number of nitrogens with two attached hydrogens (primary N) is 1. The van der Waals surface area contributed by atoms with Crippen LogP contribution in [0.4, 0.5) is 22.0 Å². The molecule has 1 aliphatic heterocycles. The number of rotatable bonds is 17. The van der Waals surface area contributed by atoms with Gasteiger partial charge < -0.3 is 36.6 Å². The fourth-order valence-electron chi connectivity index (χ4n) is 7.65. The number of nitrogens with zero attached hydrogens (tertiary/aromatic N) is 1. The van der Waals surface area contributed by atoms with E-state index in [1.54, 1.807) is 65.0 Å². The summed E-state index contributed by atoms with van der Waals surface area (Å²) in [6, 6.07) is 2.71. The van der Waals surface area contributed by atoms with Gasteiger partial charge in [0.05, 0.1) is 30.7 Å². The van der Waals surface area contributed by atoms with Crippen molar-refractivity contribution < 1.29 is 60.3 Å². The summed E-state index contributed by atoms with van der Waals surface area (Å²) in [5, 5.41) is 9.64. The highest BCUT2D eigenvalue weighted by Gasteiger charge is 2.46. The lowest BCUT2D eigenvalue weighted by atomic mass is 9.83. The second-order valence-electron chi connectivity index (χ2n) is 16.8. The van der Waals surface area contributed by atoms with E-state index in [4.69, 9.17) is 10.5 Å². The Morgan fingerprint density at radius 3 is 1.97 bits per heavy atom. The maximum absolute atomic E-state index is 14.6. The number of ketones is 1. The monoisotopic (exact) mass is 864 g/mol. The van der Waals surface area contributed by atoms with Crippen LogP contribution in [0.1, 0.15) is 96.7 Å². The van der Waals surface area contributed by atoms with Crippen LogP contribution in [0.2, 0.25) is 0 Å². The predicted octanol–water partition coefficient (Wildman–Crippen LogP) is 3.33. The number of amides is 6. The minimum Gasteiger partial charge on any atom is -0.371 e. The lowest BCUT2D eigenvalue weighted by Crippen LogP contribution is -2.58. The van der Waals surface area contributed by atoms with E-state index >= 15 is 0 Å². The van der Waals surface area contributed by atoms with Crippen LogP contribution in [-0.2, 0) is 44.7 Å². The summed E-state index contributed by atoms with van der Waals surface area (Å²) < 4.78 is 76.9. The normalized spacial score (nSPS) is 18.5. The number of Topliss-reactive ketones (excluding diaryl/α,β-unsaturated/α-hetero) is 1. The first kappa shape index (κ1) is 48.2. The minimum atomic E-state index is -2.39. The first-order valence-corrected chi connectivity index (χ1v) is 20.1. The zero-order valence-corrected chi connectivity index (χ0v) is 34.7. The molecule has 0 aromatic heterocycles. The average Bonchev–Trinajstić information content (AvgIpc) is 3.63. The summed E-state index contributed by atoms with van der Waals surface area (Å²) in [7, 11) is 0. The molecule has 14 nitrogen and oxygen atoms in total. The standard InChI is InChI=1S/C42H53F5N6O8/c1-21(2)16-26(37(56)40(59)49-19-29(55)52-35(38(48)57)22-12-8-6-9-13-22)50-39(58)27-17-24(61-42(3,4)5)20-53(27)41(60)36(23-14-10-7-11-15-23)51-28(54)18-25-30(43)32(45)34(47)33(46)31(25)44/h6,8-9,12-13,21,23-24,26-27,35-36H,7,10-11,14-20H2,1-5H3,(H2,48,57)(H,49,59)(H,50,58)(H,51,54)(H,52,55)/t24-,26?,27+,35+,36+/m1/s1. The second-order valence-corrected chi connectivity index (χ2v) is 16.8. The van der Waals surface area contributed by atoms with E-state index in [-0.39, 0.29) is 25.3 Å². The highest BCUT2D eigenvalue weighted by molar-refractivity contribution is 6.38. The summed E-state index contributed by atoms with van der Waals surface area (Å²) in [5.74, 6) is -18.9. The Labute approximate surface area is 350 Å². The van der Waals surface area contributed by atoms with Gasteiger partial charge in [-0.25, -0.2) is 22.0 Å². The zero-order valence-electron chi connectivity index (χ0n) is 34.7. The van der Waals surface area contributed by atoms with Crippen molar-refractivity contribution in [3.8, 4) is 0 Å². The van der Waals surface area contributed by atoms with Crippen LogP contribution in [0.5, 0.6) is 0 Å². The third kappa shape index (κ3) is 12.8. The lowest BCUT2D eigenvalue weighted by molar-refractivity contribution is -0.144. The van der Waals surface area contributed by atoms with Crippen LogP contribution in [0, 0.1) is 40.9 Å². The minimum absolute atomic E-state index is 0.0387. The number of ether oxygens (including phenoxy) is 1. The SMILES string of the molecule is CC(C)CC(NC(=O)[C@@H]1C[C@@H](OC(C)(C)C)CN1C(=O)[C@@H](NC(=O)Cc1c(F)c(F)c(F)c(F)c1F)C1CCCCC1)C(=O)C(=O)NCC(=O)N[C@H](C(N)=O)c1ccccc1. The van der Waals surface area contributed by atoms with Crippen molar-refractivity contribution in [1.29, 1.82) is 0 Å².